The highest BCUT2D eigenvalue weighted by molar-refractivity contribution is 5.93. The molecule has 5 atom stereocenters. The fraction of sp³-hybridized carbons (Fsp3) is 0.607. The molecular formula is C28H36O10. The summed E-state index contributed by atoms with van der Waals surface area (Å²) in [5.41, 5.74) is 0.328. The minimum Gasteiger partial charge on any atom is -0.481 e. The number of carboxylic acids is 2. The Bertz CT molecular complexity index is 1060. The zero-order valence-electron chi connectivity index (χ0n) is 21.9. The maximum atomic E-state index is 12.5. The van der Waals surface area contributed by atoms with Crippen LogP contribution in [0.25, 0.3) is 0 Å². The normalized spacial score (nSPS) is 30.8. The van der Waals surface area contributed by atoms with Crippen LogP contribution in [0, 0.1) is 22.7 Å². The highest BCUT2D eigenvalue weighted by Gasteiger charge is 2.59. The molecule has 2 N–H and O–H groups in total. The van der Waals surface area contributed by atoms with E-state index < -0.39 is 35.4 Å². The van der Waals surface area contributed by atoms with Gasteiger partial charge in [-0.05, 0) is 43.1 Å². The molecule has 0 aromatic carbocycles. The van der Waals surface area contributed by atoms with Crippen LogP contribution in [0.15, 0.2) is 36.0 Å². The van der Waals surface area contributed by atoms with Gasteiger partial charge in [0.25, 0.3) is 0 Å². The van der Waals surface area contributed by atoms with E-state index >= 15 is 0 Å². The molecule has 0 spiro atoms. The predicted octanol–water partition coefficient (Wildman–Crippen LogP) is 3.60. The minimum absolute atomic E-state index is 0.0804. The van der Waals surface area contributed by atoms with E-state index in [1.807, 2.05) is 13.0 Å². The summed E-state index contributed by atoms with van der Waals surface area (Å²) in [5, 5.41) is 17.8. The second kappa shape index (κ2) is 12.0. The van der Waals surface area contributed by atoms with E-state index in [-0.39, 0.29) is 62.1 Å². The molecule has 0 amide bonds. The van der Waals surface area contributed by atoms with Crippen LogP contribution in [0.5, 0.6) is 0 Å². The number of carbonyl (C=O) groups excluding carboxylic acids is 3. The molecule has 38 heavy (non-hydrogen) atoms. The quantitative estimate of drug-likeness (QED) is 0.229. The zero-order chi connectivity index (χ0) is 28.1. The summed E-state index contributed by atoms with van der Waals surface area (Å²) >= 11 is 0. The highest BCUT2D eigenvalue weighted by atomic mass is 16.6. The van der Waals surface area contributed by atoms with Crippen LogP contribution < -0.4 is 0 Å². The second-order valence-corrected chi connectivity index (χ2v) is 10.8. The molecule has 2 saturated carbocycles. The molecule has 0 saturated heterocycles. The first kappa shape index (κ1) is 29.1. The van der Waals surface area contributed by atoms with Crippen molar-refractivity contribution in [2.45, 2.75) is 71.3 Å². The van der Waals surface area contributed by atoms with Gasteiger partial charge in [0.15, 0.2) is 0 Å². The lowest BCUT2D eigenvalue weighted by Gasteiger charge is -2.59. The van der Waals surface area contributed by atoms with Crippen molar-refractivity contribution in [2.75, 3.05) is 13.2 Å². The number of allylic oxidation sites excluding steroid dienone is 2. The van der Waals surface area contributed by atoms with E-state index in [0.717, 1.165) is 5.57 Å². The molecule has 1 heterocycles. The number of carbonyl (C=O) groups is 5. The van der Waals surface area contributed by atoms with Gasteiger partial charge < -0.3 is 24.4 Å². The van der Waals surface area contributed by atoms with Crippen molar-refractivity contribution < 1.29 is 48.4 Å². The van der Waals surface area contributed by atoms with Crippen LogP contribution >= 0.6 is 0 Å². The first-order valence-electron chi connectivity index (χ1n) is 12.9. The molecule has 208 valence electrons. The van der Waals surface area contributed by atoms with Crippen molar-refractivity contribution in [1.82, 2.24) is 0 Å². The zero-order valence-corrected chi connectivity index (χ0v) is 21.9. The van der Waals surface area contributed by atoms with Crippen LogP contribution in [-0.4, -0.2) is 59.4 Å². The van der Waals surface area contributed by atoms with Crippen molar-refractivity contribution >= 4 is 29.8 Å². The number of aliphatic carboxylic acids is 2. The third-order valence-corrected chi connectivity index (χ3v) is 8.30. The van der Waals surface area contributed by atoms with Gasteiger partial charge in [-0.15, -0.1) is 0 Å². The first-order valence-corrected chi connectivity index (χ1v) is 12.9. The number of esters is 3. The van der Waals surface area contributed by atoms with Crippen molar-refractivity contribution in [3.05, 3.63) is 36.0 Å². The first-order chi connectivity index (χ1) is 17.9. The van der Waals surface area contributed by atoms with Crippen molar-refractivity contribution in [2.24, 2.45) is 22.7 Å². The minimum atomic E-state index is -1.11. The van der Waals surface area contributed by atoms with Gasteiger partial charge in [-0.3, -0.25) is 19.2 Å². The van der Waals surface area contributed by atoms with Crippen LogP contribution in [0.2, 0.25) is 0 Å². The van der Waals surface area contributed by atoms with E-state index in [1.165, 1.54) is 0 Å². The van der Waals surface area contributed by atoms with Gasteiger partial charge in [-0.2, -0.15) is 0 Å². The smallest absolute Gasteiger partial charge is 0.338 e. The second-order valence-electron chi connectivity index (χ2n) is 10.8. The number of fused-ring (bicyclic) bond motifs is 1. The monoisotopic (exact) mass is 532 g/mol. The molecule has 0 aromatic rings. The van der Waals surface area contributed by atoms with Gasteiger partial charge in [-0.25, -0.2) is 4.79 Å². The van der Waals surface area contributed by atoms with E-state index in [0.29, 0.717) is 31.3 Å². The fourth-order valence-corrected chi connectivity index (χ4v) is 6.30. The molecule has 10 nitrogen and oxygen atoms in total. The maximum Gasteiger partial charge on any atom is 0.338 e. The molecule has 0 aromatic heterocycles. The summed E-state index contributed by atoms with van der Waals surface area (Å²) in [6.45, 7) is 8.49. The summed E-state index contributed by atoms with van der Waals surface area (Å²) in [4.78, 5) is 58.6. The number of ether oxygens (including phenoxy) is 3. The van der Waals surface area contributed by atoms with Crippen molar-refractivity contribution in [1.29, 1.82) is 0 Å². The fourth-order valence-electron chi connectivity index (χ4n) is 6.30. The number of carboxylic acid groups (broad SMARTS) is 2. The Balaban J connectivity index is 1.88. The SMILES string of the molecule is C=C1CC[C@@H]2[C@](C)(COC(=O)CCC(=O)O)[C@H](OC(=O)CCC(=O)O)CC[C@@]2(C)[C@@H]1/C=C/C1=CCOC1=O. The van der Waals surface area contributed by atoms with Crippen LogP contribution in [-0.2, 0) is 38.2 Å². The summed E-state index contributed by atoms with van der Waals surface area (Å²) < 4.78 is 16.4. The molecular weight excluding hydrogens is 496 g/mol. The Morgan fingerprint density at radius 3 is 2.34 bits per heavy atom. The Kier molecular flexibility index (Phi) is 9.17. The van der Waals surface area contributed by atoms with Gasteiger partial charge in [-0.1, -0.05) is 38.2 Å². The average molecular weight is 533 g/mol. The Morgan fingerprint density at radius 1 is 1.08 bits per heavy atom. The molecule has 2 aliphatic carbocycles. The van der Waals surface area contributed by atoms with E-state index in [4.69, 9.17) is 24.4 Å². The Labute approximate surface area is 221 Å². The molecule has 0 bridgehead atoms. The van der Waals surface area contributed by atoms with E-state index in [9.17, 15) is 24.0 Å². The van der Waals surface area contributed by atoms with Crippen LogP contribution in [0.3, 0.4) is 0 Å². The Morgan fingerprint density at radius 2 is 1.74 bits per heavy atom. The average Bonchev–Trinajstić information content (AvgIpc) is 3.26. The van der Waals surface area contributed by atoms with E-state index in [1.54, 1.807) is 12.2 Å². The molecule has 0 unspecified atom stereocenters. The summed E-state index contributed by atoms with van der Waals surface area (Å²) in [6, 6.07) is 0. The standard InChI is InChI=1S/C28H36O10/c1-17-4-7-20-27(2,19(17)6-5-18-13-15-36-26(18)35)14-12-21(38-25(34)11-9-23(31)32)28(20,3)16-37-24(33)10-8-22(29)30/h5-6,13,19-21H,1,4,7-12,14-16H2,2-3H3,(H,29,30)(H,31,32)/b6-5+/t19-,20+,21-,27+,28+/m1/s1. The van der Waals surface area contributed by atoms with Gasteiger partial charge >= 0.3 is 29.8 Å². The molecule has 2 fully saturated rings. The molecule has 3 rings (SSSR count). The number of cyclic esters (lactones) is 1. The molecule has 10 heteroatoms. The third kappa shape index (κ3) is 6.52. The lowest BCUT2D eigenvalue weighted by Crippen LogP contribution is -2.58. The van der Waals surface area contributed by atoms with Gasteiger partial charge in [0.1, 0.15) is 19.3 Å². The Hall–Kier alpha value is -3.43. The van der Waals surface area contributed by atoms with E-state index in [2.05, 4.69) is 13.5 Å². The van der Waals surface area contributed by atoms with Crippen LogP contribution in [0.4, 0.5) is 0 Å². The maximum absolute atomic E-state index is 12.5. The molecule has 1 aliphatic heterocycles. The summed E-state index contributed by atoms with van der Waals surface area (Å²) in [5.74, 6) is -4.05. The van der Waals surface area contributed by atoms with Crippen molar-refractivity contribution in [3.63, 3.8) is 0 Å². The van der Waals surface area contributed by atoms with Gasteiger partial charge in [0.05, 0.1) is 31.3 Å². The van der Waals surface area contributed by atoms with Gasteiger partial charge in [0, 0.05) is 11.3 Å². The van der Waals surface area contributed by atoms with Crippen LogP contribution in [0.1, 0.15) is 65.2 Å². The molecule has 3 aliphatic rings. The van der Waals surface area contributed by atoms with Crippen molar-refractivity contribution in [3.8, 4) is 0 Å². The number of hydrogen-bond acceptors (Lipinski definition) is 8. The highest BCUT2D eigenvalue weighted by Crippen LogP contribution is 2.62. The summed E-state index contributed by atoms with van der Waals surface area (Å²) in [7, 11) is 0. The molecule has 0 radical (unpaired) electrons. The number of rotatable bonds is 11. The summed E-state index contributed by atoms with van der Waals surface area (Å²) in [6.07, 6.45) is 6.10. The predicted molar refractivity (Wildman–Crippen MR) is 134 cm³/mol. The van der Waals surface area contributed by atoms with Gasteiger partial charge in [0.2, 0.25) is 0 Å². The third-order valence-electron chi connectivity index (χ3n) is 8.30. The lowest BCUT2D eigenvalue weighted by atomic mass is 9.46. The largest absolute Gasteiger partial charge is 0.481 e. The topological polar surface area (TPSA) is 154 Å². The lowest BCUT2D eigenvalue weighted by molar-refractivity contribution is -0.192. The number of hydrogen-bond donors (Lipinski definition) is 2.